The molecule has 2 aromatic rings. The zero-order valence-electron chi connectivity index (χ0n) is 12.6. The maximum Gasteiger partial charge on any atom is 0.0700 e. The first-order valence-corrected chi connectivity index (χ1v) is 7.17. The van der Waals surface area contributed by atoms with E-state index in [0.29, 0.717) is 6.04 Å². The zero-order chi connectivity index (χ0) is 13.7. The van der Waals surface area contributed by atoms with E-state index < -0.39 is 0 Å². The van der Waals surface area contributed by atoms with E-state index >= 15 is 0 Å². The molecule has 0 bridgehead atoms. The molecule has 0 fully saturated rings. The Morgan fingerprint density at radius 2 is 1.78 bits per heavy atom. The maximum atomic E-state index is 4.70. The number of nitrogens with zero attached hydrogens (tertiary/aromatic N) is 2. The second kappa shape index (κ2) is 6.58. The molecule has 1 heterocycles. The summed E-state index contributed by atoms with van der Waals surface area (Å²) in [4.78, 5) is 0. The first kappa shape index (κ1) is 14.7. The summed E-state index contributed by atoms with van der Waals surface area (Å²) in [5, 5.41) is 6.03. The minimum absolute atomic E-state index is 0.426. The molecule has 2 heteroatoms. The van der Waals surface area contributed by atoms with Gasteiger partial charge in [-0.15, -0.1) is 0 Å². The molecule has 0 aliphatic heterocycles. The van der Waals surface area contributed by atoms with Crippen molar-refractivity contribution in [1.82, 2.24) is 9.78 Å². The molecule has 0 radical (unpaired) electrons. The van der Waals surface area contributed by atoms with Crippen LogP contribution in [0.2, 0.25) is 0 Å². The fourth-order valence-corrected chi connectivity index (χ4v) is 2.13. The molecule has 100 valence electrons. The maximum absolute atomic E-state index is 4.70. The van der Waals surface area contributed by atoms with E-state index in [9.17, 15) is 0 Å². The third-order valence-corrected chi connectivity index (χ3v) is 3.08. The molecule has 0 saturated heterocycles. The molecule has 0 aliphatic rings. The van der Waals surface area contributed by atoms with E-state index in [1.54, 1.807) is 0 Å². The Balaban J connectivity index is 0.000000771. The van der Waals surface area contributed by atoms with Crippen LogP contribution in [-0.2, 0) is 12.8 Å². The van der Waals surface area contributed by atoms with Crippen LogP contribution < -0.4 is 0 Å². The van der Waals surface area contributed by atoms with Gasteiger partial charge in [0.05, 0.1) is 11.2 Å². The van der Waals surface area contributed by atoms with Crippen molar-refractivity contribution in [3.8, 4) is 0 Å². The van der Waals surface area contributed by atoms with Crippen molar-refractivity contribution in [2.45, 2.75) is 60.4 Å². The van der Waals surface area contributed by atoms with Crippen molar-refractivity contribution in [3.05, 3.63) is 29.5 Å². The van der Waals surface area contributed by atoms with Gasteiger partial charge in [-0.05, 0) is 44.4 Å². The van der Waals surface area contributed by atoms with E-state index in [-0.39, 0.29) is 0 Å². The van der Waals surface area contributed by atoms with Gasteiger partial charge in [0.15, 0.2) is 0 Å². The van der Waals surface area contributed by atoms with Crippen LogP contribution in [0.15, 0.2) is 18.2 Å². The van der Waals surface area contributed by atoms with Gasteiger partial charge in [-0.3, -0.25) is 4.68 Å². The van der Waals surface area contributed by atoms with Gasteiger partial charge in [-0.2, -0.15) is 5.10 Å². The minimum atomic E-state index is 0.426. The Kier molecular flexibility index (Phi) is 5.39. The largest absolute Gasteiger partial charge is 0.262 e. The van der Waals surface area contributed by atoms with Gasteiger partial charge in [-0.1, -0.05) is 33.8 Å². The van der Waals surface area contributed by atoms with Gasteiger partial charge < -0.3 is 0 Å². The van der Waals surface area contributed by atoms with Gasteiger partial charge in [0.1, 0.15) is 0 Å². The highest BCUT2D eigenvalue weighted by Gasteiger charge is 2.11. The van der Waals surface area contributed by atoms with Crippen LogP contribution in [0, 0.1) is 0 Å². The standard InChI is InChI=1S/C14H20N2.C2H6/c1-5-11-7-8-14-12(9-11)13(6-2)15-16(14)10(3)4;1-2/h7-10H,5-6H2,1-4H3;1-2H3. The number of rotatable bonds is 3. The van der Waals surface area contributed by atoms with E-state index in [1.165, 1.54) is 22.2 Å². The first-order chi connectivity index (χ1) is 8.67. The van der Waals surface area contributed by atoms with Crippen molar-refractivity contribution in [2.75, 3.05) is 0 Å². The minimum Gasteiger partial charge on any atom is -0.262 e. The lowest BCUT2D eigenvalue weighted by Crippen LogP contribution is -2.02. The van der Waals surface area contributed by atoms with Crippen molar-refractivity contribution in [2.24, 2.45) is 0 Å². The molecule has 2 nitrogen and oxygen atoms in total. The average Bonchev–Trinajstić information content (AvgIpc) is 2.78. The van der Waals surface area contributed by atoms with Gasteiger partial charge in [0.2, 0.25) is 0 Å². The number of hydrogen-bond acceptors (Lipinski definition) is 1. The van der Waals surface area contributed by atoms with Crippen LogP contribution in [0.1, 0.15) is 58.8 Å². The SMILES string of the molecule is CC.CCc1ccc2c(c1)c(CC)nn2C(C)C. The lowest BCUT2D eigenvalue weighted by Gasteiger charge is -2.06. The van der Waals surface area contributed by atoms with Crippen LogP contribution in [0.3, 0.4) is 0 Å². The lowest BCUT2D eigenvalue weighted by molar-refractivity contribution is 0.544. The molecule has 1 aromatic heterocycles. The van der Waals surface area contributed by atoms with E-state index in [1.807, 2.05) is 13.8 Å². The number of aryl methyl sites for hydroxylation is 2. The quantitative estimate of drug-likeness (QED) is 0.763. The number of fused-ring (bicyclic) bond motifs is 1. The van der Waals surface area contributed by atoms with Gasteiger partial charge in [-0.25, -0.2) is 0 Å². The summed E-state index contributed by atoms with van der Waals surface area (Å²) >= 11 is 0. The summed E-state index contributed by atoms with van der Waals surface area (Å²) in [5.41, 5.74) is 3.88. The molecule has 0 aliphatic carbocycles. The Hall–Kier alpha value is -1.31. The van der Waals surface area contributed by atoms with Crippen molar-refractivity contribution in [3.63, 3.8) is 0 Å². The highest BCUT2D eigenvalue weighted by atomic mass is 15.3. The Bertz CT molecular complexity index is 495. The highest BCUT2D eigenvalue weighted by Crippen LogP contribution is 2.23. The van der Waals surface area contributed by atoms with Gasteiger partial charge in [0, 0.05) is 11.4 Å². The Labute approximate surface area is 111 Å². The van der Waals surface area contributed by atoms with Gasteiger partial charge in [0.25, 0.3) is 0 Å². The third kappa shape index (κ3) is 2.74. The normalized spacial score (nSPS) is 10.6. The molecule has 0 spiro atoms. The van der Waals surface area contributed by atoms with E-state index in [0.717, 1.165) is 12.8 Å². The third-order valence-electron chi connectivity index (χ3n) is 3.08. The molecule has 0 N–H and O–H groups in total. The van der Waals surface area contributed by atoms with Crippen molar-refractivity contribution < 1.29 is 0 Å². The van der Waals surface area contributed by atoms with E-state index in [4.69, 9.17) is 5.10 Å². The Morgan fingerprint density at radius 1 is 1.11 bits per heavy atom. The number of hydrogen-bond donors (Lipinski definition) is 0. The molecule has 0 atom stereocenters. The van der Waals surface area contributed by atoms with Crippen molar-refractivity contribution >= 4 is 10.9 Å². The highest BCUT2D eigenvalue weighted by molar-refractivity contribution is 5.83. The zero-order valence-corrected chi connectivity index (χ0v) is 12.6. The second-order valence-electron chi connectivity index (χ2n) is 4.54. The molecule has 0 saturated carbocycles. The topological polar surface area (TPSA) is 17.8 Å². The summed E-state index contributed by atoms with van der Waals surface area (Å²) < 4.78 is 2.13. The molecule has 18 heavy (non-hydrogen) atoms. The molecule has 0 amide bonds. The summed E-state index contributed by atoms with van der Waals surface area (Å²) in [7, 11) is 0. The molecule has 2 rings (SSSR count). The van der Waals surface area contributed by atoms with Crippen LogP contribution in [0.25, 0.3) is 10.9 Å². The van der Waals surface area contributed by atoms with E-state index in [2.05, 4.69) is 50.6 Å². The van der Waals surface area contributed by atoms with Crippen LogP contribution in [-0.4, -0.2) is 9.78 Å². The van der Waals surface area contributed by atoms with Gasteiger partial charge >= 0.3 is 0 Å². The predicted molar refractivity (Wildman–Crippen MR) is 80.2 cm³/mol. The second-order valence-corrected chi connectivity index (χ2v) is 4.54. The molecular weight excluding hydrogens is 220 g/mol. The number of benzene rings is 1. The van der Waals surface area contributed by atoms with Crippen LogP contribution >= 0.6 is 0 Å². The monoisotopic (exact) mass is 246 g/mol. The smallest absolute Gasteiger partial charge is 0.0700 e. The summed E-state index contributed by atoms with van der Waals surface area (Å²) in [6, 6.07) is 7.14. The fourth-order valence-electron chi connectivity index (χ4n) is 2.13. The lowest BCUT2D eigenvalue weighted by atomic mass is 10.1. The summed E-state index contributed by atoms with van der Waals surface area (Å²) in [6.45, 7) is 12.7. The van der Waals surface area contributed by atoms with Crippen molar-refractivity contribution in [1.29, 1.82) is 0 Å². The molecular formula is C16H26N2. The average molecular weight is 246 g/mol. The first-order valence-electron chi connectivity index (χ1n) is 7.17. The predicted octanol–water partition coefficient (Wildman–Crippen LogP) is 4.77. The fraction of sp³-hybridized carbons (Fsp3) is 0.562. The molecule has 1 aromatic carbocycles. The Morgan fingerprint density at radius 3 is 2.28 bits per heavy atom. The molecule has 0 unspecified atom stereocenters. The van der Waals surface area contributed by atoms with Crippen LogP contribution in [0.5, 0.6) is 0 Å². The number of aromatic nitrogens is 2. The summed E-state index contributed by atoms with van der Waals surface area (Å²) in [6.07, 6.45) is 2.09. The summed E-state index contributed by atoms with van der Waals surface area (Å²) in [5.74, 6) is 0. The van der Waals surface area contributed by atoms with Crippen LogP contribution in [0.4, 0.5) is 0 Å².